The highest BCUT2D eigenvalue weighted by Gasteiger charge is 2.26. The Hall–Kier alpha value is -2.21. The molecule has 0 aliphatic rings. The molecule has 0 saturated heterocycles. The summed E-state index contributed by atoms with van der Waals surface area (Å²) in [6.45, 7) is 4.58. The van der Waals surface area contributed by atoms with Crippen molar-refractivity contribution in [2.45, 2.75) is 26.7 Å². The topological polar surface area (TPSA) is 80.0 Å². The van der Waals surface area contributed by atoms with Crippen molar-refractivity contribution in [3.8, 4) is 5.69 Å². The van der Waals surface area contributed by atoms with E-state index in [0.717, 1.165) is 18.5 Å². The fourth-order valence-electron chi connectivity index (χ4n) is 2.28. The highest BCUT2D eigenvalue weighted by atomic mass is 16.3. The lowest BCUT2D eigenvalue weighted by molar-refractivity contribution is 0.0851. The fourth-order valence-corrected chi connectivity index (χ4v) is 2.28. The number of rotatable bonds is 7. The maximum absolute atomic E-state index is 12.3. The molecule has 2 N–H and O–H groups in total. The fraction of sp³-hybridized carbons (Fsp3) is 0.438. The number of hydrogen-bond donors (Lipinski definition) is 2. The number of aliphatic hydroxyl groups is 1. The van der Waals surface area contributed by atoms with E-state index in [1.807, 2.05) is 26.0 Å². The van der Waals surface area contributed by atoms with Crippen molar-refractivity contribution in [1.82, 2.24) is 20.3 Å². The number of hydrogen-bond acceptors (Lipinski definition) is 4. The summed E-state index contributed by atoms with van der Waals surface area (Å²) in [7, 11) is 0. The quantitative estimate of drug-likeness (QED) is 0.817. The van der Waals surface area contributed by atoms with Crippen LogP contribution in [0.3, 0.4) is 0 Å². The molecule has 1 aromatic heterocycles. The second-order valence-electron chi connectivity index (χ2n) is 5.45. The van der Waals surface area contributed by atoms with Gasteiger partial charge in [-0.3, -0.25) is 4.79 Å². The zero-order valence-electron chi connectivity index (χ0n) is 13.0. The summed E-state index contributed by atoms with van der Waals surface area (Å²) >= 11 is 0. The van der Waals surface area contributed by atoms with Gasteiger partial charge in [-0.05, 0) is 31.0 Å². The minimum atomic E-state index is -0.251. The van der Waals surface area contributed by atoms with Crippen molar-refractivity contribution < 1.29 is 9.90 Å². The maximum Gasteiger partial charge on any atom is 0.251 e. The summed E-state index contributed by atoms with van der Waals surface area (Å²) < 4.78 is 1.60. The second kappa shape index (κ2) is 7.17. The van der Waals surface area contributed by atoms with Crippen LogP contribution in [0, 0.1) is 5.41 Å². The van der Waals surface area contributed by atoms with E-state index in [1.54, 1.807) is 29.2 Å². The molecule has 0 aliphatic carbocycles. The van der Waals surface area contributed by atoms with Crippen molar-refractivity contribution >= 4 is 5.91 Å². The smallest absolute Gasteiger partial charge is 0.251 e. The average molecular weight is 302 g/mol. The van der Waals surface area contributed by atoms with Crippen molar-refractivity contribution in [1.29, 1.82) is 0 Å². The van der Waals surface area contributed by atoms with E-state index in [9.17, 15) is 9.90 Å². The molecule has 0 atom stereocenters. The van der Waals surface area contributed by atoms with Gasteiger partial charge in [0.2, 0.25) is 0 Å². The number of amides is 1. The molecule has 1 heterocycles. The van der Waals surface area contributed by atoms with Crippen molar-refractivity contribution in [2.24, 2.45) is 5.41 Å². The van der Waals surface area contributed by atoms with E-state index in [4.69, 9.17) is 0 Å². The zero-order valence-corrected chi connectivity index (χ0v) is 13.0. The van der Waals surface area contributed by atoms with Crippen LogP contribution < -0.4 is 5.32 Å². The van der Waals surface area contributed by atoms with Crippen molar-refractivity contribution in [3.05, 3.63) is 42.2 Å². The molecule has 0 fully saturated rings. The lowest BCUT2D eigenvalue weighted by Crippen LogP contribution is -2.39. The van der Waals surface area contributed by atoms with Gasteiger partial charge in [-0.1, -0.05) is 25.1 Å². The highest BCUT2D eigenvalue weighted by molar-refractivity contribution is 5.94. The van der Waals surface area contributed by atoms with Crippen molar-refractivity contribution in [2.75, 3.05) is 13.2 Å². The monoisotopic (exact) mass is 302 g/mol. The highest BCUT2D eigenvalue weighted by Crippen LogP contribution is 2.24. The van der Waals surface area contributed by atoms with Gasteiger partial charge >= 0.3 is 0 Å². The number of aromatic nitrogens is 3. The van der Waals surface area contributed by atoms with Crippen LogP contribution in [0.4, 0.5) is 0 Å². The molecule has 1 amide bonds. The Labute approximate surface area is 130 Å². The Balaban J connectivity index is 2.09. The molecule has 1 aromatic carbocycles. The van der Waals surface area contributed by atoms with Gasteiger partial charge in [0, 0.05) is 17.5 Å². The summed E-state index contributed by atoms with van der Waals surface area (Å²) in [5.41, 5.74) is 1.09. The first-order valence-electron chi connectivity index (χ1n) is 7.50. The van der Waals surface area contributed by atoms with Crippen LogP contribution in [0.25, 0.3) is 5.69 Å². The van der Waals surface area contributed by atoms with Crippen LogP contribution in [0.15, 0.2) is 36.7 Å². The van der Waals surface area contributed by atoms with E-state index in [2.05, 4.69) is 15.6 Å². The van der Waals surface area contributed by atoms with Gasteiger partial charge in [0.05, 0.1) is 24.7 Å². The minimum Gasteiger partial charge on any atom is -0.396 e. The third-order valence-electron chi connectivity index (χ3n) is 4.25. The second-order valence-corrected chi connectivity index (χ2v) is 5.45. The third-order valence-corrected chi connectivity index (χ3v) is 4.25. The molecular formula is C16H22N4O2. The summed E-state index contributed by atoms with van der Waals surface area (Å²) in [5, 5.41) is 20.2. The Morgan fingerprint density at radius 2 is 2.14 bits per heavy atom. The first-order chi connectivity index (χ1) is 10.6. The molecule has 0 bridgehead atoms. The molecule has 22 heavy (non-hydrogen) atoms. The lowest BCUT2D eigenvalue weighted by atomic mass is 9.83. The van der Waals surface area contributed by atoms with E-state index >= 15 is 0 Å². The first kappa shape index (κ1) is 16.2. The summed E-state index contributed by atoms with van der Waals surface area (Å²) in [6.07, 6.45) is 4.95. The van der Waals surface area contributed by atoms with E-state index in [0.29, 0.717) is 12.1 Å². The molecule has 6 nitrogen and oxygen atoms in total. The molecule has 0 aliphatic heterocycles. The number of benzene rings is 1. The molecule has 0 spiro atoms. The predicted molar refractivity (Wildman–Crippen MR) is 83.8 cm³/mol. The van der Waals surface area contributed by atoms with Gasteiger partial charge in [0.15, 0.2) is 0 Å². The minimum absolute atomic E-state index is 0.0687. The molecule has 0 unspecified atom stereocenters. The van der Waals surface area contributed by atoms with Crippen LogP contribution in [0.1, 0.15) is 37.0 Å². The Morgan fingerprint density at radius 3 is 2.73 bits per heavy atom. The Kier molecular flexibility index (Phi) is 5.27. The van der Waals surface area contributed by atoms with Crippen LogP contribution in [0.2, 0.25) is 0 Å². The number of carbonyl (C=O) groups is 1. The SMILES string of the molecule is CCC(CC)(CO)CNC(=O)c1cccc(-n2ccnn2)c1. The number of aliphatic hydroxyl groups excluding tert-OH is 1. The molecule has 2 aromatic rings. The summed E-state index contributed by atoms with van der Waals surface area (Å²) in [6, 6.07) is 7.20. The Bertz CT molecular complexity index is 598. The summed E-state index contributed by atoms with van der Waals surface area (Å²) in [5.74, 6) is -0.151. The molecule has 6 heteroatoms. The molecule has 0 radical (unpaired) electrons. The number of carbonyl (C=O) groups excluding carboxylic acids is 1. The number of nitrogens with zero attached hydrogens (tertiary/aromatic N) is 3. The van der Waals surface area contributed by atoms with Gasteiger partial charge < -0.3 is 10.4 Å². The van der Waals surface area contributed by atoms with E-state index in [1.165, 1.54) is 0 Å². The molecular weight excluding hydrogens is 280 g/mol. The molecule has 118 valence electrons. The molecule has 0 saturated carbocycles. The van der Waals surface area contributed by atoms with Gasteiger partial charge in [-0.2, -0.15) is 0 Å². The van der Waals surface area contributed by atoms with Gasteiger partial charge in [-0.25, -0.2) is 4.68 Å². The third kappa shape index (κ3) is 3.51. The largest absolute Gasteiger partial charge is 0.396 e. The zero-order chi connectivity index (χ0) is 16.0. The number of nitrogens with one attached hydrogen (secondary N) is 1. The normalized spacial score (nSPS) is 11.4. The van der Waals surface area contributed by atoms with Gasteiger partial charge in [-0.15, -0.1) is 5.10 Å². The predicted octanol–water partition coefficient (Wildman–Crippen LogP) is 1.80. The first-order valence-corrected chi connectivity index (χ1v) is 7.50. The van der Waals surface area contributed by atoms with Crippen LogP contribution >= 0.6 is 0 Å². The van der Waals surface area contributed by atoms with Crippen LogP contribution in [0.5, 0.6) is 0 Å². The molecule has 2 rings (SSSR count). The van der Waals surface area contributed by atoms with E-state index < -0.39 is 0 Å². The standard InChI is InChI=1S/C16H22N4O2/c1-3-16(4-2,12-21)11-17-15(22)13-6-5-7-14(10-13)20-9-8-18-19-20/h5-10,21H,3-4,11-12H2,1-2H3,(H,17,22). The average Bonchev–Trinajstić information content (AvgIpc) is 3.11. The van der Waals surface area contributed by atoms with Crippen molar-refractivity contribution in [3.63, 3.8) is 0 Å². The van der Waals surface area contributed by atoms with E-state index in [-0.39, 0.29) is 17.9 Å². The maximum atomic E-state index is 12.3. The van der Waals surface area contributed by atoms with Crippen LogP contribution in [-0.2, 0) is 0 Å². The summed E-state index contributed by atoms with van der Waals surface area (Å²) in [4.78, 5) is 12.3. The van der Waals surface area contributed by atoms with Crippen LogP contribution in [-0.4, -0.2) is 39.2 Å². The lowest BCUT2D eigenvalue weighted by Gasteiger charge is -2.29. The Morgan fingerprint density at radius 1 is 1.36 bits per heavy atom. The van der Waals surface area contributed by atoms with Gasteiger partial charge in [0.1, 0.15) is 0 Å². The van der Waals surface area contributed by atoms with Gasteiger partial charge in [0.25, 0.3) is 5.91 Å².